The molecule has 2 aliphatic heterocycles. The van der Waals surface area contributed by atoms with Crippen molar-refractivity contribution in [1.29, 1.82) is 0 Å². The van der Waals surface area contributed by atoms with E-state index in [0.29, 0.717) is 11.7 Å². The average molecular weight is 402 g/mol. The highest BCUT2D eigenvalue weighted by molar-refractivity contribution is 6.30. The highest BCUT2D eigenvalue weighted by Crippen LogP contribution is 2.25. The summed E-state index contributed by atoms with van der Waals surface area (Å²) in [6.07, 6.45) is 2.30. The van der Waals surface area contributed by atoms with Crippen molar-refractivity contribution in [2.45, 2.75) is 26.3 Å². The van der Waals surface area contributed by atoms with Crippen molar-refractivity contribution < 1.29 is 4.79 Å². The van der Waals surface area contributed by atoms with Crippen molar-refractivity contribution in [2.24, 2.45) is 0 Å². The number of carbonyl (C=O) groups excluding carboxylic acids is 1. The summed E-state index contributed by atoms with van der Waals surface area (Å²) in [5.74, 6) is 0.286. The van der Waals surface area contributed by atoms with Gasteiger partial charge in [-0.2, -0.15) is 5.10 Å². The number of rotatable bonds is 5. The molecule has 0 saturated carbocycles. The Morgan fingerprint density at radius 3 is 2.32 bits per heavy atom. The molecule has 0 N–H and O–H groups in total. The number of likely N-dealkylation sites (tertiary alicyclic amines) is 1. The Labute approximate surface area is 171 Å². The number of para-hydroxylation sites is 1. The van der Waals surface area contributed by atoms with Crippen molar-refractivity contribution in [2.75, 3.05) is 45.8 Å². The van der Waals surface area contributed by atoms with E-state index in [9.17, 15) is 4.79 Å². The molecular weight excluding hydrogens is 374 g/mol. The molecule has 150 valence electrons. The number of amides is 1. The molecule has 0 aliphatic carbocycles. The fourth-order valence-corrected chi connectivity index (χ4v) is 4.37. The fraction of sp³-hybridized carbons (Fsp3) is 0.524. The van der Waals surface area contributed by atoms with E-state index in [4.69, 9.17) is 11.6 Å². The highest BCUT2D eigenvalue weighted by Gasteiger charge is 2.25. The van der Waals surface area contributed by atoms with E-state index in [-0.39, 0.29) is 5.91 Å². The highest BCUT2D eigenvalue weighted by atomic mass is 35.5. The molecule has 2 aliphatic rings. The topological polar surface area (TPSA) is 44.6 Å². The van der Waals surface area contributed by atoms with Crippen molar-refractivity contribution in [1.82, 2.24) is 24.5 Å². The van der Waals surface area contributed by atoms with Gasteiger partial charge in [-0.25, -0.2) is 4.68 Å². The Hall–Kier alpha value is -1.89. The van der Waals surface area contributed by atoms with E-state index in [1.165, 1.54) is 0 Å². The van der Waals surface area contributed by atoms with Gasteiger partial charge in [-0.15, -0.1) is 0 Å². The van der Waals surface area contributed by atoms with E-state index in [1.54, 1.807) is 0 Å². The van der Waals surface area contributed by atoms with Gasteiger partial charge in [-0.1, -0.05) is 29.8 Å². The SMILES string of the molecule is Cc1nn(-c2ccccc2)c(Cl)c1CN1CCN(CC(=O)N2CCCC2)CC1. The summed E-state index contributed by atoms with van der Waals surface area (Å²) in [5, 5.41) is 5.33. The number of carbonyl (C=O) groups is 1. The molecule has 2 saturated heterocycles. The Balaban J connectivity index is 1.34. The van der Waals surface area contributed by atoms with Gasteiger partial charge in [0.2, 0.25) is 5.91 Å². The summed E-state index contributed by atoms with van der Waals surface area (Å²) < 4.78 is 1.82. The number of halogens is 1. The predicted octanol–water partition coefficient (Wildman–Crippen LogP) is 2.57. The zero-order valence-electron chi connectivity index (χ0n) is 16.5. The van der Waals surface area contributed by atoms with Crippen LogP contribution in [0.5, 0.6) is 0 Å². The van der Waals surface area contributed by atoms with Crippen LogP contribution in [0.4, 0.5) is 0 Å². The first-order valence-electron chi connectivity index (χ1n) is 10.1. The van der Waals surface area contributed by atoms with Crippen LogP contribution in [0, 0.1) is 6.92 Å². The largest absolute Gasteiger partial charge is 0.342 e. The number of nitrogens with zero attached hydrogens (tertiary/aromatic N) is 5. The molecule has 0 spiro atoms. The van der Waals surface area contributed by atoms with Crippen LogP contribution in [0.3, 0.4) is 0 Å². The Morgan fingerprint density at radius 1 is 1.00 bits per heavy atom. The molecule has 0 radical (unpaired) electrons. The van der Waals surface area contributed by atoms with Gasteiger partial charge >= 0.3 is 0 Å². The summed E-state index contributed by atoms with van der Waals surface area (Å²) in [5.41, 5.74) is 3.04. The molecule has 1 aromatic heterocycles. The molecular formula is C21H28ClN5O. The summed E-state index contributed by atoms with van der Waals surface area (Å²) in [7, 11) is 0. The molecule has 0 unspecified atom stereocenters. The summed E-state index contributed by atoms with van der Waals surface area (Å²) in [6, 6.07) is 10.00. The Bertz CT molecular complexity index is 808. The number of hydrogen-bond donors (Lipinski definition) is 0. The standard InChI is InChI=1S/C21H28ClN5O/c1-17-19(21(22)27(23-17)18-7-3-2-4-8-18)15-24-11-13-25(14-12-24)16-20(28)26-9-5-6-10-26/h2-4,7-8H,5-6,9-16H2,1H3. The van der Waals surface area contributed by atoms with Gasteiger partial charge in [0.05, 0.1) is 17.9 Å². The minimum absolute atomic E-state index is 0.286. The zero-order valence-corrected chi connectivity index (χ0v) is 17.2. The van der Waals surface area contributed by atoms with Crippen LogP contribution in [-0.4, -0.2) is 76.2 Å². The lowest BCUT2D eigenvalue weighted by Crippen LogP contribution is -2.49. The summed E-state index contributed by atoms with van der Waals surface area (Å²) in [4.78, 5) is 19.0. The van der Waals surface area contributed by atoms with Crippen molar-refractivity contribution in [3.63, 3.8) is 0 Å². The Morgan fingerprint density at radius 2 is 1.64 bits per heavy atom. The van der Waals surface area contributed by atoms with Crippen molar-refractivity contribution in [3.8, 4) is 5.69 Å². The van der Waals surface area contributed by atoms with E-state index >= 15 is 0 Å². The molecule has 6 nitrogen and oxygen atoms in total. The maximum atomic E-state index is 12.4. The first-order valence-corrected chi connectivity index (χ1v) is 10.5. The third-order valence-corrected chi connectivity index (χ3v) is 6.17. The zero-order chi connectivity index (χ0) is 19.5. The lowest BCUT2D eigenvalue weighted by molar-refractivity contribution is -0.131. The third kappa shape index (κ3) is 4.24. The number of aryl methyl sites for hydroxylation is 1. The second kappa shape index (κ2) is 8.64. The van der Waals surface area contributed by atoms with Crippen LogP contribution in [-0.2, 0) is 11.3 Å². The summed E-state index contributed by atoms with van der Waals surface area (Å²) >= 11 is 6.67. The van der Waals surface area contributed by atoms with Crippen LogP contribution in [0.15, 0.2) is 30.3 Å². The van der Waals surface area contributed by atoms with Crippen LogP contribution < -0.4 is 0 Å². The monoisotopic (exact) mass is 401 g/mol. The van der Waals surface area contributed by atoms with Crippen LogP contribution >= 0.6 is 11.6 Å². The quantitative estimate of drug-likeness (QED) is 0.772. The minimum atomic E-state index is 0.286. The van der Waals surface area contributed by atoms with Crippen molar-refractivity contribution >= 4 is 17.5 Å². The van der Waals surface area contributed by atoms with Gasteiger partial charge in [-0.05, 0) is 31.9 Å². The van der Waals surface area contributed by atoms with E-state index < -0.39 is 0 Å². The van der Waals surface area contributed by atoms with Gasteiger partial charge in [0.25, 0.3) is 0 Å². The number of aromatic nitrogens is 2. The van der Waals surface area contributed by atoms with Gasteiger partial charge in [0.1, 0.15) is 5.15 Å². The van der Waals surface area contributed by atoms with Crippen LogP contribution in [0.1, 0.15) is 24.1 Å². The lowest BCUT2D eigenvalue weighted by Gasteiger charge is -2.35. The first-order chi connectivity index (χ1) is 13.6. The van der Waals surface area contributed by atoms with Crippen LogP contribution in [0.25, 0.3) is 5.69 Å². The summed E-state index contributed by atoms with van der Waals surface area (Å²) in [6.45, 7) is 8.96. The molecule has 2 fully saturated rings. The third-order valence-electron chi connectivity index (χ3n) is 5.79. The van der Waals surface area contributed by atoms with E-state index in [2.05, 4.69) is 14.9 Å². The molecule has 3 heterocycles. The number of hydrogen-bond acceptors (Lipinski definition) is 4. The van der Waals surface area contributed by atoms with Gasteiger partial charge in [-0.3, -0.25) is 14.6 Å². The maximum absolute atomic E-state index is 12.4. The number of piperazine rings is 1. The van der Waals surface area contributed by atoms with Crippen molar-refractivity contribution in [3.05, 3.63) is 46.7 Å². The first kappa shape index (κ1) is 19.4. The van der Waals surface area contributed by atoms with Gasteiger partial charge < -0.3 is 4.90 Å². The van der Waals surface area contributed by atoms with E-state index in [1.807, 2.05) is 46.8 Å². The minimum Gasteiger partial charge on any atom is -0.342 e. The second-order valence-corrected chi connectivity index (χ2v) is 8.10. The maximum Gasteiger partial charge on any atom is 0.236 e. The normalized spacial score (nSPS) is 18.7. The smallest absolute Gasteiger partial charge is 0.236 e. The van der Waals surface area contributed by atoms with Crippen LogP contribution in [0.2, 0.25) is 5.15 Å². The molecule has 28 heavy (non-hydrogen) atoms. The van der Waals surface area contributed by atoms with Gasteiger partial charge in [0.15, 0.2) is 0 Å². The average Bonchev–Trinajstić information content (AvgIpc) is 3.35. The van der Waals surface area contributed by atoms with Gasteiger partial charge in [0, 0.05) is 51.4 Å². The molecule has 2 aromatic rings. The molecule has 4 rings (SSSR count). The molecule has 0 bridgehead atoms. The molecule has 0 atom stereocenters. The van der Waals surface area contributed by atoms with E-state index in [0.717, 1.165) is 75.6 Å². The molecule has 1 amide bonds. The Kier molecular flexibility index (Phi) is 5.99. The molecule has 7 heteroatoms. The second-order valence-electron chi connectivity index (χ2n) is 7.74. The molecule has 1 aromatic carbocycles. The predicted molar refractivity (Wildman–Crippen MR) is 111 cm³/mol. The number of benzene rings is 1. The lowest BCUT2D eigenvalue weighted by atomic mass is 10.2. The fourth-order valence-electron chi connectivity index (χ4n) is 4.04.